The van der Waals surface area contributed by atoms with Crippen LogP contribution in [-0.2, 0) is 5.54 Å². The number of hydrogen-bond acceptors (Lipinski definition) is 7. The maximum Gasteiger partial charge on any atom is 0.292 e. The predicted molar refractivity (Wildman–Crippen MR) is 98.1 cm³/mol. The molecule has 28 heavy (non-hydrogen) atoms. The molecule has 4 rings (SSSR count). The van der Waals surface area contributed by atoms with Crippen LogP contribution in [0.2, 0.25) is 5.28 Å². The fraction of sp³-hybridized carbons (Fsp3) is 0.333. The molecule has 0 aliphatic carbocycles. The fourth-order valence-electron chi connectivity index (χ4n) is 3.45. The molecular weight excluding hydrogens is 382 g/mol. The Hall–Kier alpha value is -3.25. The molecule has 1 saturated heterocycles. The highest BCUT2D eigenvalue weighted by Gasteiger charge is 2.39. The van der Waals surface area contributed by atoms with Crippen molar-refractivity contribution in [1.82, 2.24) is 29.8 Å². The zero-order valence-electron chi connectivity index (χ0n) is 14.8. The summed E-state index contributed by atoms with van der Waals surface area (Å²) in [5, 5.41) is 17.6. The minimum atomic E-state index is -0.484. The second-order valence-electron chi connectivity index (χ2n) is 6.61. The summed E-state index contributed by atoms with van der Waals surface area (Å²) in [6, 6.07) is 5.57. The van der Waals surface area contributed by atoms with Gasteiger partial charge in [-0.25, -0.2) is 9.97 Å². The van der Waals surface area contributed by atoms with Gasteiger partial charge in [0.05, 0.1) is 36.1 Å². The topological polar surface area (TPSA) is 114 Å². The van der Waals surface area contributed by atoms with Gasteiger partial charge in [-0.05, 0) is 30.5 Å². The molecule has 9 nitrogen and oxygen atoms in total. The number of rotatable bonds is 4. The van der Waals surface area contributed by atoms with Crippen LogP contribution in [0.25, 0.3) is 11.3 Å². The number of piperidine rings is 1. The number of amides is 1. The number of nitriles is 1. The van der Waals surface area contributed by atoms with Gasteiger partial charge in [0.25, 0.3) is 5.91 Å². The molecule has 0 unspecified atom stereocenters. The zero-order chi connectivity index (χ0) is 19.6. The van der Waals surface area contributed by atoms with E-state index in [1.165, 1.54) is 6.20 Å². The summed E-state index contributed by atoms with van der Waals surface area (Å²) >= 11 is 5.87. The normalized spacial score (nSPS) is 15.9. The van der Waals surface area contributed by atoms with Gasteiger partial charge in [-0.3, -0.25) is 9.48 Å². The third-order valence-corrected chi connectivity index (χ3v) is 5.21. The van der Waals surface area contributed by atoms with Gasteiger partial charge in [0, 0.05) is 37.1 Å². The summed E-state index contributed by atoms with van der Waals surface area (Å²) in [4.78, 5) is 22.3. The highest BCUT2D eigenvalue weighted by atomic mass is 35.5. The first kappa shape index (κ1) is 18.1. The Labute approximate surface area is 165 Å². The average molecular weight is 398 g/mol. The number of nitrogens with zero attached hydrogens (tertiary/aromatic N) is 7. The van der Waals surface area contributed by atoms with E-state index >= 15 is 0 Å². The van der Waals surface area contributed by atoms with E-state index in [4.69, 9.17) is 16.1 Å². The Bertz CT molecular complexity index is 1020. The van der Waals surface area contributed by atoms with Gasteiger partial charge in [0.15, 0.2) is 0 Å². The van der Waals surface area contributed by atoms with E-state index in [2.05, 4.69) is 26.3 Å². The van der Waals surface area contributed by atoms with Crippen LogP contribution in [0.3, 0.4) is 0 Å². The van der Waals surface area contributed by atoms with Crippen LogP contribution in [0.4, 0.5) is 0 Å². The van der Waals surface area contributed by atoms with Crippen LogP contribution < -0.4 is 0 Å². The molecule has 0 bridgehead atoms. The molecule has 1 aliphatic rings. The third-order valence-electron chi connectivity index (χ3n) is 5.03. The largest absolute Gasteiger partial charge is 0.351 e. The Morgan fingerprint density at radius 3 is 2.82 bits per heavy atom. The Morgan fingerprint density at radius 1 is 1.32 bits per heavy atom. The smallest absolute Gasteiger partial charge is 0.292 e. The van der Waals surface area contributed by atoms with E-state index in [1.807, 2.05) is 10.9 Å². The summed E-state index contributed by atoms with van der Waals surface area (Å²) in [6.07, 6.45) is 8.09. The van der Waals surface area contributed by atoms with Crippen LogP contribution in [0, 0.1) is 11.3 Å². The number of carbonyl (C=O) groups is 1. The minimum Gasteiger partial charge on any atom is -0.351 e. The van der Waals surface area contributed by atoms with E-state index < -0.39 is 5.54 Å². The number of aromatic nitrogens is 5. The average Bonchev–Trinajstić information content (AvgIpc) is 3.41. The molecule has 0 N–H and O–H groups in total. The van der Waals surface area contributed by atoms with Crippen molar-refractivity contribution in [1.29, 1.82) is 5.26 Å². The van der Waals surface area contributed by atoms with Gasteiger partial charge in [0.2, 0.25) is 11.0 Å². The quantitative estimate of drug-likeness (QED) is 0.621. The van der Waals surface area contributed by atoms with Crippen molar-refractivity contribution in [3.8, 4) is 17.3 Å². The molecule has 0 atom stereocenters. The first-order valence-corrected chi connectivity index (χ1v) is 9.10. The molecule has 1 amide bonds. The number of halogens is 1. The Balaban J connectivity index is 1.55. The van der Waals surface area contributed by atoms with Crippen molar-refractivity contribution in [2.75, 3.05) is 13.1 Å². The van der Waals surface area contributed by atoms with Crippen molar-refractivity contribution < 1.29 is 9.32 Å². The van der Waals surface area contributed by atoms with Crippen LogP contribution in [0.1, 0.15) is 29.8 Å². The highest BCUT2D eigenvalue weighted by molar-refractivity contribution is 6.28. The summed E-state index contributed by atoms with van der Waals surface area (Å²) in [5.74, 6) is 0.0228. The molecular formula is C18H16ClN7O2. The summed E-state index contributed by atoms with van der Waals surface area (Å²) in [7, 11) is 0. The van der Waals surface area contributed by atoms with Gasteiger partial charge in [-0.1, -0.05) is 5.16 Å². The molecule has 10 heteroatoms. The van der Waals surface area contributed by atoms with Gasteiger partial charge in [0.1, 0.15) is 0 Å². The lowest BCUT2D eigenvalue weighted by molar-refractivity contribution is 0.0541. The molecule has 3 aromatic rings. The van der Waals surface area contributed by atoms with Crippen LogP contribution in [0.5, 0.6) is 0 Å². The standard InChI is InChI=1S/C18H16ClN7O2/c19-17-21-7-1-14(24-17)13-11-22-26(12-13)18(3-6-20)4-9-25(10-5-18)16(27)15-2-8-23-28-15/h1-2,7-8,11-12H,3-5,9-10H2. The van der Waals surface area contributed by atoms with Crippen molar-refractivity contribution in [3.05, 3.63) is 48.0 Å². The second kappa shape index (κ2) is 7.40. The molecule has 0 aromatic carbocycles. The van der Waals surface area contributed by atoms with Gasteiger partial charge in [-0.2, -0.15) is 10.4 Å². The van der Waals surface area contributed by atoms with Crippen LogP contribution >= 0.6 is 11.6 Å². The van der Waals surface area contributed by atoms with Crippen LogP contribution in [0.15, 0.2) is 41.4 Å². The van der Waals surface area contributed by atoms with Crippen molar-refractivity contribution in [2.45, 2.75) is 24.8 Å². The monoisotopic (exact) mass is 397 g/mol. The summed E-state index contributed by atoms with van der Waals surface area (Å²) < 4.78 is 6.78. The van der Waals surface area contributed by atoms with E-state index in [1.54, 1.807) is 29.4 Å². The van der Waals surface area contributed by atoms with E-state index in [0.717, 1.165) is 5.56 Å². The van der Waals surface area contributed by atoms with Gasteiger partial charge in [-0.15, -0.1) is 0 Å². The lowest BCUT2D eigenvalue weighted by Gasteiger charge is -2.40. The van der Waals surface area contributed by atoms with E-state index in [0.29, 0.717) is 38.0 Å². The molecule has 142 valence electrons. The van der Waals surface area contributed by atoms with Gasteiger partial charge < -0.3 is 9.42 Å². The summed E-state index contributed by atoms with van der Waals surface area (Å²) in [5.41, 5.74) is 0.972. The number of carbonyl (C=O) groups excluding carboxylic acids is 1. The van der Waals surface area contributed by atoms with Crippen molar-refractivity contribution >= 4 is 17.5 Å². The zero-order valence-corrected chi connectivity index (χ0v) is 15.6. The number of hydrogen-bond donors (Lipinski definition) is 0. The molecule has 3 aromatic heterocycles. The SMILES string of the molecule is N#CCC1(n2cc(-c3ccnc(Cl)n3)cn2)CCN(C(=O)c2ccno2)CC1. The fourth-order valence-corrected chi connectivity index (χ4v) is 3.60. The van der Waals surface area contributed by atoms with E-state index in [9.17, 15) is 10.1 Å². The molecule has 1 aliphatic heterocycles. The van der Waals surface area contributed by atoms with E-state index in [-0.39, 0.29) is 17.0 Å². The van der Waals surface area contributed by atoms with Gasteiger partial charge >= 0.3 is 0 Å². The molecule has 0 saturated carbocycles. The third kappa shape index (κ3) is 3.34. The number of likely N-dealkylation sites (tertiary alicyclic amines) is 1. The highest BCUT2D eigenvalue weighted by Crippen LogP contribution is 2.34. The molecule has 4 heterocycles. The van der Waals surface area contributed by atoms with Crippen molar-refractivity contribution in [2.24, 2.45) is 0 Å². The molecule has 1 fully saturated rings. The Kier molecular flexibility index (Phi) is 4.79. The predicted octanol–water partition coefficient (Wildman–Crippen LogP) is 2.53. The van der Waals surface area contributed by atoms with Crippen LogP contribution in [-0.4, -0.2) is 48.8 Å². The Morgan fingerprint density at radius 2 is 2.14 bits per heavy atom. The maximum absolute atomic E-state index is 12.5. The minimum absolute atomic E-state index is 0.163. The van der Waals surface area contributed by atoms with Crippen molar-refractivity contribution in [3.63, 3.8) is 0 Å². The summed E-state index contributed by atoms with van der Waals surface area (Å²) in [6.45, 7) is 0.992. The lowest BCUT2D eigenvalue weighted by atomic mass is 9.85. The lowest BCUT2D eigenvalue weighted by Crippen LogP contribution is -2.48. The molecule has 0 radical (unpaired) electrons. The first-order chi connectivity index (χ1) is 13.6. The second-order valence-corrected chi connectivity index (χ2v) is 6.95. The first-order valence-electron chi connectivity index (χ1n) is 8.72. The molecule has 0 spiro atoms. The maximum atomic E-state index is 12.5.